The van der Waals surface area contributed by atoms with Crippen molar-refractivity contribution in [2.45, 2.75) is 30.7 Å². The highest BCUT2D eigenvalue weighted by atomic mass is 16.7. The Labute approximate surface area is 119 Å². The Bertz CT molecular complexity index is 508. The van der Waals surface area contributed by atoms with Crippen LogP contribution < -0.4 is 4.74 Å². The Balaban J connectivity index is 2.20. The first-order valence-corrected chi connectivity index (χ1v) is 6.16. The SMILES string of the molecule is O=[N+]([O-])c1ccccc1OC1O[C@H](CO)C(O)C(O)C1O. The van der Waals surface area contributed by atoms with E-state index in [0.717, 1.165) is 0 Å². The molecule has 0 aromatic heterocycles. The van der Waals surface area contributed by atoms with Gasteiger partial charge in [-0.3, -0.25) is 10.1 Å². The highest BCUT2D eigenvalue weighted by Gasteiger charge is 2.45. The topological polar surface area (TPSA) is 143 Å². The van der Waals surface area contributed by atoms with Crippen LogP contribution in [-0.4, -0.2) is 62.7 Å². The lowest BCUT2D eigenvalue weighted by Gasteiger charge is -2.39. The van der Waals surface area contributed by atoms with Crippen molar-refractivity contribution < 1.29 is 34.8 Å². The Hall–Kier alpha value is -1.78. The van der Waals surface area contributed by atoms with E-state index in [2.05, 4.69) is 0 Å². The molecule has 2 rings (SSSR count). The third kappa shape index (κ3) is 3.12. The number of para-hydroxylation sites is 2. The number of hydrogen-bond donors (Lipinski definition) is 4. The van der Waals surface area contributed by atoms with Gasteiger partial charge in [-0.15, -0.1) is 0 Å². The van der Waals surface area contributed by atoms with Crippen molar-refractivity contribution in [2.24, 2.45) is 0 Å². The van der Waals surface area contributed by atoms with Crippen molar-refractivity contribution in [3.8, 4) is 5.75 Å². The van der Waals surface area contributed by atoms with Crippen molar-refractivity contribution in [3.63, 3.8) is 0 Å². The van der Waals surface area contributed by atoms with Crippen molar-refractivity contribution >= 4 is 5.69 Å². The van der Waals surface area contributed by atoms with E-state index >= 15 is 0 Å². The molecule has 0 bridgehead atoms. The molecule has 21 heavy (non-hydrogen) atoms. The standard InChI is InChI=1S/C12H15NO8/c14-5-8-9(15)10(16)11(17)12(21-8)20-7-4-2-1-3-6(7)13(18)19/h1-4,8-12,14-17H,5H2/t8-,9?,10?,11?,12?/m1/s1. The number of aliphatic hydroxyl groups is 4. The minimum absolute atomic E-state index is 0.160. The molecule has 1 aromatic carbocycles. The number of nitro benzene ring substituents is 1. The molecule has 1 heterocycles. The van der Waals surface area contributed by atoms with Crippen LogP contribution in [0.2, 0.25) is 0 Å². The van der Waals surface area contributed by atoms with Crippen LogP contribution >= 0.6 is 0 Å². The molecule has 0 saturated carbocycles. The molecule has 1 aromatic rings. The Kier molecular flexibility index (Phi) is 4.70. The molecule has 1 aliphatic heterocycles. The largest absolute Gasteiger partial charge is 0.455 e. The Morgan fingerprint density at radius 2 is 1.86 bits per heavy atom. The summed E-state index contributed by atoms with van der Waals surface area (Å²) < 4.78 is 10.3. The highest BCUT2D eigenvalue weighted by molar-refractivity contribution is 5.45. The van der Waals surface area contributed by atoms with E-state index in [1.165, 1.54) is 24.3 Å². The summed E-state index contributed by atoms with van der Waals surface area (Å²) in [5, 5.41) is 49.0. The van der Waals surface area contributed by atoms with Crippen LogP contribution in [0.4, 0.5) is 5.69 Å². The molecule has 9 heteroatoms. The number of benzene rings is 1. The maximum Gasteiger partial charge on any atom is 0.311 e. The zero-order valence-corrected chi connectivity index (χ0v) is 10.8. The zero-order chi connectivity index (χ0) is 15.6. The first kappa shape index (κ1) is 15.6. The van der Waals surface area contributed by atoms with E-state index in [-0.39, 0.29) is 11.4 Å². The molecule has 0 aliphatic carbocycles. The fourth-order valence-electron chi connectivity index (χ4n) is 2.00. The molecular formula is C12H15NO8. The van der Waals surface area contributed by atoms with E-state index in [4.69, 9.17) is 14.6 Å². The first-order chi connectivity index (χ1) is 9.95. The maximum absolute atomic E-state index is 10.9. The molecule has 116 valence electrons. The molecule has 5 atom stereocenters. The average molecular weight is 301 g/mol. The van der Waals surface area contributed by atoms with Crippen molar-refractivity contribution in [1.29, 1.82) is 0 Å². The molecule has 4 unspecified atom stereocenters. The highest BCUT2D eigenvalue weighted by Crippen LogP contribution is 2.30. The molecule has 9 nitrogen and oxygen atoms in total. The molecular weight excluding hydrogens is 286 g/mol. The van der Waals surface area contributed by atoms with Gasteiger partial charge in [-0.05, 0) is 6.07 Å². The Morgan fingerprint density at radius 1 is 1.19 bits per heavy atom. The van der Waals surface area contributed by atoms with Crippen molar-refractivity contribution in [1.82, 2.24) is 0 Å². The molecule has 1 saturated heterocycles. The van der Waals surface area contributed by atoms with Crippen molar-refractivity contribution in [3.05, 3.63) is 34.4 Å². The number of ether oxygens (including phenoxy) is 2. The summed E-state index contributed by atoms with van der Waals surface area (Å²) in [6.45, 7) is -0.609. The maximum atomic E-state index is 10.9. The zero-order valence-electron chi connectivity index (χ0n) is 10.8. The smallest absolute Gasteiger partial charge is 0.311 e. The van der Waals surface area contributed by atoms with Crippen LogP contribution in [0.1, 0.15) is 0 Å². The monoisotopic (exact) mass is 301 g/mol. The third-order valence-electron chi connectivity index (χ3n) is 3.15. The van der Waals surface area contributed by atoms with Gasteiger partial charge >= 0.3 is 5.69 Å². The van der Waals surface area contributed by atoms with Gasteiger partial charge in [0.2, 0.25) is 6.29 Å². The van der Waals surface area contributed by atoms with Gasteiger partial charge in [-0.25, -0.2) is 0 Å². The molecule has 1 fully saturated rings. The summed E-state index contributed by atoms with van der Waals surface area (Å²) in [5.74, 6) is -0.160. The normalized spacial score (nSPS) is 32.7. The summed E-state index contributed by atoms with van der Waals surface area (Å²) in [6.07, 6.45) is -7.35. The Morgan fingerprint density at radius 3 is 2.48 bits per heavy atom. The van der Waals surface area contributed by atoms with Gasteiger partial charge in [0.05, 0.1) is 11.5 Å². The molecule has 0 amide bonds. The van der Waals surface area contributed by atoms with Gasteiger partial charge in [0.1, 0.15) is 24.4 Å². The summed E-state index contributed by atoms with van der Waals surface area (Å²) in [4.78, 5) is 10.2. The van der Waals surface area contributed by atoms with E-state index < -0.39 is 42.2 Å². The predicted octanol–water partition coefficient (Wildman–Crippen LogP) is -1.23. The molecule has 1 aliphatic rings. The van der Waals surface area contributed by atoms with Gasteiger partial charge in [-0.1, -0.05) is 12.1 Å². The second-order valence-electron chi connectivity index (χ2n) is 4.54. The molecule has 4 N–H and O–H groups in total. The number of rotatable bonds is 4. The van der Waals surface area contributed by atoms with Crippen LogP contribution in [0.5, 0.6) is 5.75 Å². The predicted molar refractivity (Wildman–Crippen MR) is 67.5 cm³/mol. The van der Waals surface area contributed by atoms with Crippen LogP contribution in [0.3, 0.4) is 0 Å². The fraction of sp³-hybridized carbons (Fsp3) is 0.500. The van der Waals surface area contributed by atoms with E-state index in [1.807, 2.05) is 0 Å². The van der Waals surface area contributed by atoms with Gasteiger partial charge in [0, 0.05) is 6.07 Å². The van der Waals surface area contributed by atoms with E-state index in [0.29, 0.717) is 0 Å². The fourth-order valence-corrected chi connectivity index (χ4v) is 2.00. The number of nitrogens with zero attached hydrogens (tertiary/aromatic N) is 1. The van der Waals surface area contributed by atoms with E-state index in [9.17, 15) is 25.4 Å². The number of hydrogen-bond acceptors (Lipinski definition) is 8. The third-order valence-corrected chi connectivity index (χ3v) is 3.15. The van der Waals surface area contributed by atoms with Gasteiger partial charge in [0.25, 0.3) is 0 Å². The van der Waals surface area contributed by atoms with Crippen molar-refractivity contribution in [2.75, 3.05) is 6.61 Å². The van der Waals surface area contributed by atoms with Gasteiger partial charge in [-0.2, -0.15) is 0 Å². The number of aliphatic hydroxyl groups excluding tert-OH is 4. The lowest BCUT2D eigenvalue weighted by molar-refractivity contribution is -0.387. The summed E-state index contributed by atoms with van der Waals surface area (Å²) >= 11 is 0. The molecule has 0 spiro atoms. The minimum Gasteiger partial charge on any atom is -0.455 e. The van der Waals surface area contributed by atoms with Crippen LogP contribution in [0, 0.1) is 10.1 Å². The van der Waals surface area contributed by atoms with Crippen LogP contribution in [-0.2, 0) is 4.74 Å². The van der Waals surface area contributed by atoms with Gasteiger partial charge < -0.3 is 29.9 Å². The first-order valence-electron chi connectivity index (χ1n) is 6.16. The minimum atomic E-state index is -1.62. The van der Waals surface area contributed by atoms with Crippen LogP contribution in [0.15, 0.2) is 24.3 Å². The summed E-state index contributed by atoms with van der Waals surface area (Å²) in [7, 11) is 0. The summed E-state index contributed by atoms with van der Waals surface area (Å²) in [5.41, 5.74) is -0.338. The van der Waals surface area contributed by atoms with Crippen LogP contribution in [0.25, 0.3) is 0 Å². The quantitative estimate of drug-likeness (QED) is 0.400. The summed E-state index contributed by atoms with van der Waals surface area (Å²) in [6, 6.07) is 5.45. The lowest BCUT2D eigenvalue weighted by atomic mass is 9.99. The lowest BCUT2D eigenvalue weighted by Crippen LogP contribution is -2.60. The molecule has 0 radical (unpaired) electrons. The van der Waals surface area contributed by atoms with E-state index in [1.54, 1.807) is 0 Å². The average Bonchev–Trinajstić information content (AvgIpc) is 2.48. The van der Waals surface area contributed by atoms with Gasteiger partial charge in [0.15, 0.2) is 5.75 Å². The second kappa shape index (κ2) is 6.33. The second-order valence-corrected chi connectivity index (χ2v) is 4.54. The number of nitro groups is 1.